The quantitative estimate of drug-likeness (QED) is 0.134. The average molecular weight is 679 g/mol. The summed E-state index contributed by atoms with van der Waals surface area (Å²) in [5.74, 6) is -0.581. The third-order valence-corrected chi connectivity index (χ3v) is 14.3. The topological polar surface area (TPSA) is 192 Å². The Labute approximate surface area is 281 Å². The van der Waals surface area contributed by atoms with Gasteiger partial charge in [0.2, 0.25) is 0 Å². The molecule has 6 N–H and O–H groups in total. The molecule has 12 heteroatoms. The molecule has 2 heterocycles. The van der Waals surface area contributed by atoms with Gasteiger partial charge in [0.1, 0.15) is 37.3 Å². The van der Waals surface area contributed by atoms with Crippen molar-refractivity contribution in [3.8, 4) is 0 Å². The predicted octanol–water partition coefficient (Wildman–Crippen LogP) is 1.29. The van der Waals surface area contributed by atoms with Crippen LogP contribution < -0.4 is 0 Å². The first kappa shape index (κ1) is 34.9. The van der Waals surface area contributed by atoms with Crippen molar-refractivity contribution < 1.29 is 59.2 Å². The number of aldehydes is 1. The van der Waals surface area contributed by atoms with E-state index in [0.717, 1.165) is 18.3 Å². The fraction of sp³-hybridized carbons (Fsp3) is 0.889. The van der Waals surface area contributed by atoms with Crippen LogP contribution in [0.4, 0.5) is 0 Å². The van der Waals surface area contributed by atoms with Crippen LogP contribution in [-0.4, -0.2) is 116 Å². The van der Waals surface area contributed by atoms with Crippen molar-refractivity contribution in [1.29, 1.82) is 0 Å². The van der Waals surface area contributed by atoms with Crippen molar-refractivity contribution in [2.45, 2.75) is 158 Å². The first-order chi connectivity index (χ1) is 22.7. The number of fused-ring (bicyclic) bond motifs is 5. The number of ether oxygens (including phenoxy) is 4. The first-order valence-electron chi connectivity index (χ1n) is 18.1. The van der Waals surface area contributed by atoms with E-state index in [1.807, 2.05) is 6.92 Å². The SMILES string of the molecule is C[C@@H]1C[C@H](O)[C@@H](O)[C@H](O[C@@H]2[C@H](O)[C@@H](O)[C@H](OC3CC[C@]4(C=O)[C@H]5CC[C@]6(C)[C@@H](C7=CC(=O)OC7)CC[C@]6(O)[C@@H]5CC[C@]4(O)C3)O[C@@H]2C)C1. The number of rotatable bonds is 6. The lowest BCUT2D eigenvalue weighted by Crippen LogP contribution is -2.69. The molecule has 7 rings (SSSR count). The molecule has 6 fully saturated rings. The van der Waals surface area contributed by atoms with Crippen LogP contribution in [0.25, 0.3) is 0 Å². The Balaban J connectivity index is 1.03. The number of esters is 1. The van der Waals surface area contributed by atoms with Gasteiger partial charge in [0.25, 0.3) is 0 Å². The Morgan fingerprint density at radius 1 is 0.896 bits per heavy atom. The van der Waals surface area contributed by atoms with Gasteiger partial charge in [0, 0.05) is 17.9 Å². The van der Waals surface area contributed by atoms with Gasteiger partial charge in [-0.2, -0.15) is 0 Å². The maximum Gasteiger partial charge on any atom is 0.331 e. The zero-order valence-electron chi connectivity index (χ0n) is 28.3. The molecule has 12 nitrogen and oxygen atoms in total. The average Bonchev–Trinajstić information content (AvgIpc) is 3.59. The molecule has 2 aliphatic heterocycles. The molecule has 17 atom stereocenters. The molecule has 0 aromatic carbocycles. The van der Waals surface area contributed by atoms with Crippen LogP contribution in [0.15, 0.2) is 11.6 Å². The normalized spacial score (nSPS) is 55.2. The number of hydrogen-bond donors (Lipinski definition) is 6. The molecular weight excluding hydrogens is 624 g/mol. The number of cyclic esters (lactones) is 1. The zero-order valence-corrected chi connectivity index (χ0v) is 28.3. The van der Waals surface area contributed by atoms with Crippen molar-refractivity contribution in [1.82, 2.24) is 0 Å². The second kappa shape index (κ2) is 12.3. The van der Waals surface area contributed by atoms with Gasteiger partial charge in [-0.25, -0.2) is 4.79 Å². The van der Waals surface area contributed by atoms with Gasteiger partial charge in [-0.1, -0.05) is 13.8 Å². The smallest absolute Gasteiger partial charge is 0.331 e. The van der Waals surface area contributed by atoms with E-state index in [0.29, 0.717) is 57.8 Å². The fourth-order valence-corrected chi connectivity index (χ4v) is 11.7. The second-order valence-corrected chi connectivity index (χ2v) is 16.7. The third kappa shape index (κ3) is 5.19. The van der Waals surface area contributed by atoms with Crippen molar-refractivity contribution in [3.63, 3.8) is 0 Å². The van der Waals surface area contributed by atoms with Crippen LogP contribution >= 0.6 is 0 Å². The van der Waals surface area contributed by atoms with Crippen molar-refractivity contribution in [2.24, 2.45) is 34.5 Å². The Morgan fingerprint density at radius 2 is 1.65 bits per heavy atom. The molecule has 0 amide bonds. The highest BCUT2D eigenvalue weighted by molar-refractivity contribution is 5.85. The highest BCUT2D eigenvalue weighted by Gasteiger charge is 2.71. The molecule has 270 valence electrons. The van der Waals surface area contributed by atoms with Crippen LogP contribution in [0.1, 0.15) is 91.4 Å². The monoisotopic (exact) mass is 678 g/mol. The zero-order chi connectivity index (χ0) is 34.4. The molecule has 7 aliphatic rings. The van der Waals surface area contributed by atoms with E-state index in [4.69, 9.17) is 18.9 Å². The predicted molar refractivity (Wildman–Crippen MR) is 168 cm³/mol. The summed E-state index contributed by atoms with van der Waals surface area (Å²) < 4.78 is 23.6. The summed E-state index contributed by atoms with van der Waals surface area (Å²) in [5.41, 5.74) is -2.99. The Bertz CT molecular complexity index is 1290. The van der Waals surface area contributed by atoms with Crippen LogP contribution in [0.3, 0.4) is 0 Å². The van der Waals surface area contributed by atoms with Crippen molar-refractivity contribution in [2.75, 3.05) is 6.61 Å². The standard InChI is InChI=1S/C36H54O12/c1-18-12-25(38)28(40)26(13-18)48-31-19(2)46-32(30(42)29(31)41)47-21-4-9-34(17-37)23-5-8-33(3)22(20-14-27(39)45-16-20)7-11-36(33,44)24(23)6-10-35(34,43)15-21/h14,17-19,21-26,28-32,38,40-44H,4-13,15-16H2,1-3H3/t18-,19-,21?,22-,23+,24-,25+,26-,28-,29-,30-,31+,32+,33-,34+,35+,36+/m1/s1. The lowest BCUT2D eigenvalue weighted by molar-refractivity contribution is -0.329. The molecule has 1 saturated heterocycles. The summed E-state index contributed by atoms with van der Waals surface area (Å²) in [6.45, 7) is 6.03. The van der Waals surface area contributed by atoms with Gasteiger partial charge >= 0.3 is 5.97 Å². The van der Waals surface area contributed by atoms with Crippen molar-refractivity contribution in [3.05, 3.63) is 11.6 Å². The number of aliphatic hydroxyl groups is 6. The molecule has 1 unspecified atom stereocenters. The maximum atomic E-state index is 13.2. The number of aliphatic hydroxyl groups excluding tert-OH is 4. The van der Waals surface area contributed by atoms with E-state index in [2.05, 4.69) is 6.92 Å². The molecular formula is C36H54O12. The molecule has 0 spiro atoms. The lowest BCUT2D eigenvalue weighted by atomic mass is 9.41. The largest absolute Gasteiger partial charge is 0.458 e. The molecule has 0 radical (unpaired) electrons. The van der Waals surface area contributed by atoms with Gasteiger partial charge in [0.15, 0.2) is 6.29 Å². The molecule has 0 bridgehead atoms. The lowest BCUT2D eigenvalue weighted by Gasteiger charge is -2.65. The highest BCUT2D eigenvalue weighted by atomic mass is 16.7. The molecule has 0 aromatic rings. The Hall–Kier alpha value is -1.48. The van der Waals surface area contributed by atoms with Gasteiger partial charge < -0.3 is 54.4 Å². The van der Waals surface area contributed by atoms with Crippen LogP contribution in [0, 0.1) is 34.5 Å². The van der Waals surface area contributed by atoms with E-state index in [9.17, 15) is 40.2 Å². The third-order valence-electron chi connectivity index (χ3n) is 14.3. The minimum atomic E-state index is -1.46. The summed E-state index contributed by atoms with van der Waals surface area (Å²) in [4.78, 5) is 25.1. The first-order valence-corrected chi connectivity index (χ1v) is 18.1. The molecule has 48 heavy (non-hydrogen) atoms. The van der Waals surface area contributed by atoms with E-state index in [1.54, 1.807) is 13.0 Å². The summed E-state index contributed by atoms with van der Waals surface area (Å²) >= 11 is 0. The van der Waals surface area contributed by atoms with E-state index < -0.39 is 77.2 Å². The molecule has 5 aliphatic carbocycles. The summed E-state index contributed by atoms with van der Waals surface area (Å²) in [6.07, 6.45) is -1.09. The van der Waals surface area contributed by atoms with E-state index >= 15 is 0 Å². The Kier molecular flexibility index (Phi) is 8.98. The Morgan fingerprint density at radius 3 is 2.35 bits per heavy atom. The van der Waals surface area contributed by atoms with Gasteiger partial charge in [0.05, 0.1) is 41.0 Å². The number of hydrogen-bond acceptors (Lipinski definition) is 12. The summed E-state index contributed by atoms with van der Waals surface area (Å²) in [7, 11) is 0. The van der Waals surface area contributed by atoms with Gasteiger partial charge in [-0.15, -0.1) is 0 Å². The van der Waals surface area contributed by atoms with Gasteiger partial charge in [-0.05, 0) is 100 Å². The molecule has 0 aromatic heterocycles. The number of carbonyl (C=O) groups is 2. The van der Waals surface area contributed by atoms with Crippen LogP contribution in [0.5, 0.6) is 0 Å². The van der Waals surface area contributed by atoms with Crippen LogP contribution in [-0.2, 0) is 28.5 Å². The van der Waals surface area contributed by atoms with Crippen molar-refractivity contribution >= 4 is 12.3 Å². The molecule has 5 saturated carbocycles. The number of carbonyl (C=O) groups excluding carboxylic acids is 2. The highest BCUT2D eigenvalue weighted by Crippen LogP contribution is 2.70. The minimum Gasteiger partial charge on any atom is -0.458 e. The maximum absolute atomic E-state index is 13.2. The fourth-order valence-electron chi connectivity index (χ4n) is 11.7. The van der Waals surface area contributed by atoms with Gasteiger partial charge in [-0.3, -0.25) is 0 Å². The minimum absolute atomic E-state index is 0.0274. The van der Waals surface area contributed by atoms with E-state index in [-0.39, 0.29) is 42.7 Å². The van der Waals surface area contributed by atoms with Crippen LogP contribution in [0.2, 0.25) is 0 Å². The summed E-state index contributed by atoms with van der Waals surface area (Å²) in [5, 5.41) is 67.7. The second-order valence-electron chi connectivity index (χ2n) is 16.7. The van der Waals surface area contributed by atoms with E-state index in [1.165, 1.54) is 0 Å². The summed E-state index contributed by atoms with van der Waals surface area (Å²) in [6, 6.07) is 0.